The Morgan fingerprint density at radius 2 is 2.03 bits per heavy atom. The van der Waals surface area contributed by atoms with Gasteiger partial charge >= 0.3 is 6.09 Å². The topological polar surface area (TPSA) is 86.8 Å². The zero-order valence-corrected chi connectivity index (χ0v) is 20.9. The number of fused-ring (bicyclic) bond motifs is 2. The minimum Gasteiger partial charge on any atom is -0.443 e. The zero-order valence-electron chi connectivity index (χ0n) is 20.1. The third-order valence-corrected chi connectivity index (χ3v) is 7.70. The second-order valence-corrected chi connectivity index (χ2v) is 9.90. The number of pyridine rings is 1. The molecule has 2 saturated heterocycles. The quantitative estimate of drug-likeness (QED) is 0.438. The van der Waals surface area contributed by atoms with Crippen molar-refractivity contribution in [3.05, 3.63) is 47.3 Å². The van der Waals surface area contributed by atoms with Gasteiger partial charge in [-0.15, -0.1) is 11.3 Å². The molecule has 9 heteroatoms. The summed E-state index contributed by atoms with van der Waals surface area (Å²) in [6.07, 6.45) is 0.678. The van der Waals surface area contributed by atoms with Gasteiger partial charge in [-0.2, -0.15) is 0 Å². The fourth-order valence-electron chi connectivity index (χ4n) is 4.85. The Morgan fingerprint density at radius 3 is 2.77 bits per heavy atom. The number of ether oxygens (including phenoxy) is 1. The summed E-state index contributed by atoms with van der Waals surface area (Å²) in [4.78, 5) is 33.0. The van der Waals surface area contributed by atoms with Crippen molar-refractivity contribution >= 4 is 39.2 Å². The number of nitrogens with one attached hydrogen (secondary N) is 2. The van der Waals surface area contributed by atoms with Crippen LogP contribution in [0.5, 0.6) is 0 Å². The lowest BCUT2D eigenvalue weighted by molar-refractivity contribution is 0.0773. The van der Waals surface area contributed by atoms with Crippen molar-refractivity contribution in [3.63, 3.8) is 0 Å². The number of aromatic nitrogens is 1. The number of nitrogens with zero attached hydrogens (tertiary/aromatic N) is 3. The summed E-state index contributed by atoms with van der Waals surface area (Å²) in [5, 5.41) is 8.55. The van der Waals surface area contributed by atoms with E-state index in [1.165, 1.54) is 0 Å². The first kappa shape index (κ1) is 23.6. The Hall–Kier alpha value is -3.17. The molecule has 2 aliphatic heterocycles. The van der Waals surface area contributed by atoms with Crippen LogP contribution in [0.1, 0.15) is 30.6 Å². The first-order valence-electron chi connectivity index (χ1n) is 12.3. The Balaban J connectivity index is 1.23. The maximum atomic E-state index is 12.6. The summed E-state index contributed by atoms with van der Waals surface area (Å²) in [6, 6.07) is 12.0. The van der Waals surface area contributed by atoms with Gasteiger partial charge in [0.25, 0.3) is 5.91 Å². The molecule has 2 amide bonds. The van der Waals surface area contributed by atoms with Crippen LogP contribution in [0.4, 0.5) is 10.5 Å². The van der Waals surface area contributed by atoms with Crippen LogP contribution in [-0.4, -0.2) is 78.2 Å². The van der Waals surface area contributed by atoms with Crippen LogP contribution in [0.25, 0.3) is 21.5 Å². The molecule has 8 nitrogen and oxygen atoms in total. The van der Waals surface area contributed by atoms with E-state index in [4.69, 9.17) is 9.72 Å². The summed E-state index contributed by atoms with van der Waals surface area (Å²) >= 11 is 1.68. The van der Waals surface area contributed by atoms with Crippen molar-refractivity contribution in [2.24, 2.45) is 0 Å². The Kier molecular flexibility index (Phi) is 6.88. The highest BCUT2D eigenvalue weighted by Crippen LogP contribution is 2.32. The average molecular weight is 494 g/mol. The van der Waals surface area contributed by atoms with Crippen LogP contribution in [-0.2, 0) is 4.74 Å². The molecule has 3 aromatic rings. The third kappa shape index (κ3) is 4.97. The fourth-order valence-corrected chi connectivity index (χ4v) is 5.68. The van der Waals surface area contributed by atoms with E-state index in [2.05, 4.69) is 27.0 Å². The zero-order chi connectivity index (χ0) is 24.4. The van der Waals surface area contributed by atoms with Crippen molar-refractivity contribution in [1.82, 2.24) is 20.1 Å². The van der Waals surface area contributed by atoms with Gasteiger partial charge < -0.3 is 20.3 Å². The molecule has 184 valence electrons. The largest absolute Gasteiger partial charge is 0.443 e. The number of carbonyl (C=O) groups excluding carboxylic acids is 2. The lowest BCUT2D eigenvalue weighted by Gasteiger charge is -2.18. The lowest BCUT2D eigenvalue weighted by atomic mass is 10.1. The minimum atomic E-state index is -0.292. The van der Waals surface area contributed by atoms with E-state index >= 15 is 0 Å². The van der Waals surface area contributed by atoms with Gasteiger partial charge in [0.15, 0.2) is 0 Å². The summed E-state index contributed by atoms with van der Waals surface area (Å²) in [5.41, 5.74) is 4.63. The van der Waals surface area contributed by atoms with Gasteiger partial charge in [-0.3, -0.25) is 9.69 Å². The standard InChI is InChI=1S/C26H31N5O3S/c1-3-31(4-2)25(32)18-8-6-17(7-9-18)20-14-21(24-19(28-20)10-13-35-24)27-11-5-12-30-15-22-23(16-30)34-26(33)29-22/h6-10,13-14,22-23H,3-5,11-12,15-16H2,1-2H3,(H,27,28)(H,29,33)/t22-,23+/m1/s1. The number of amides is 2. The molecule has 5 rings (SSSR count). The summed E-state index contributed by atoms with van der Waals surface area (Å²) < 4.78 is 6.44. The van der Waals surface area contributed by atoms with Gasteiger partial charge in [-0.05, 0) is 49.9 Å². The molecule has 2 aliphatic rings. The highest BCUT2D eigenvalue weighted by atomic mass is 32.1. The van der Waals surface area contributed by atoms with Crippen molar-refractivity contribution in [1.29, 1.82) is 0 Å². The molecule has 2 aromatic heterocycles. The highest BCUT2D eigenvalue weighted by Gasteiger charge is 2.41. The summed E-state index contributed by atoms with van der Waals surface area (Å²) in [7, 11) is 0. The average Bonchev–Trinajstić information content (AvgIpc) is 3.57. The molecule has 2 N–H and O–H groups in total. The van der Waals surface area contributed by atoms with Crippen LogP contribution >= 0.6 is 11.3 Å². The van der Waals surface area contributed by atoms with Gasteiger partial charge in [0.05, 0.1) is 27.6 Å². The number of benzene rings is 1. The molecule has 0 spiro atoms. The smallest absolute Gasteiger partial charge is 0.407 e. The maximum Gasteiger partial charge on any atom is 0.407 e. The number of rotatable bonds is 9. The molecular weight excluding hydrogens is 462 g/mol. The molecule has 0 bridgehead atoms. The maximum absolute atomic E-state index is 12.6. The Bertz CT molecular complexity index is 1190. The summed E-state index contributed by atoms with van der Waals surface area (Å²) in [6.45, 7) is 8.82. The van der Waals surface area contributed by atoms with Gasteiger partial charge in [0.2, 0.25) is 0 Å². The first-order chi connectivity index (χ1) is 17.1. The molecule has 4 heterocycles. The van der Waals surface area contributed by atoms with E-state index in [1.54, 1.807) is 11.3 Å². The van der Waals surface area contributed by atoms with Crippen molar-refractivity contribution in [2.45, 2.75) is 32.4 Å². The van der Waals surface area contributed by atoms with Crippen LogP contribution in [0.2, 0.25) is 0 Å². The van der Waals surface area contributed by atoms with Crippen LogP contribution in [0.15, 0.2) is 41.8 Å². The van der Waals surface area contributed by atoms with Gasteiger partial charge in [0.1, 0.15) is 6.10 Å². The van der Waals surface area contributed by atoms with Crippen LogP contribution in [0, 0.1) is 0 Å². The number of carbonyl (C=O) groups is 2. The second kappa shape index (κ2) is 10.2. The van der Waals surface area contributed by atoms with Gasteiger partial charge in [-0.1, -0.05) is 12.1 Å². The lowest BCUT2D eigenvalue weighted by Crippen LogP contribution is -2.33. The number of thiophene rings is 1. The summed E-state index contributed by atoms with van der Waals surface area (Å²) in [5.74, 6) is 0.0562. The predicted octanol–water partition coefficient (Wildman–Crippen LogP) is 4.04. The van der Waals surface area contributed by atoms with Crippen LogP contribution < -0.4 is 10.6 Å². The molecule has 0 saturated carbocycles. The molecule has 35 heavy (non-hydrogen) atoms. The number of anilines is 1. The number of hydrogen-bond acceptors (Lipinski definition) is 7. The third-order valence-electron chi connectivity index (χ3n) is 6.76. The number of hydrogen-bond donors (Lipinski definition) is 2. The molecule has 2 fully saturated rings. The molecule has 0 unspecified atom stereocenters. The van der Waals surface area contributed by atoms with Gasteiger partial charge in [0, 0.05) is 50.4 Å². The predicted molar refractivity (Wildman–Crippen MR) is 139 cm³/mol. The molecule has 0 radical (unpaired) electrons. The molecule has 1 aromatic carbocycles. The minimum absolute atomic E-state index is 0.0161. The van der Waals surface area contributed by atoms with Crippen LogP contribution in [0.3, 0.4) is 0 Å². The van der Waals surface area contributed by atoms with E-state index in [-0.39, 0.29) is 24.1 Å². The van der Waals surface area contributed by atoms with E-state index in [0.29, 0.717) is 18.7 Å². The monoisotopic (exact) mass is 493 g/mol. The molecular formula is C26H31N5O3S. The van der Waals surface area contributed by atoms with E-state index < -0.39 is 0 Å². The molecule has 2 atom stereocenters. The highest BCUT2D eigenvalue weighted by molar-refractivity contribution is 7.17. The van der Waals surface area contributed by atoms with E-state index in [0.717, 1.165) is 59.8 Å². The van der Waals surface area contributed by atoms with E-state index in [9.17, 15) is 9.59 Å². The van der Waals surface area contributed by atoms with Crippen molar-refractivity contribution < 1.29 is 14.3 Å². The number of alkyl carbamates (subject to hydrolysis) is 1. The van der Waals surface area contributed by atoms with Gasteiger partial charge in [-0.25, -0.2) is 9.78 Å². The SMILES string of the molecule is CCN(CC)C(=O)c1ccc(-c2cc(NCCCN3C[C@@H]4OC(=O)N[C@@H]4C3)c3sccc3n2)cc1. The first-order valence-corrected chi connectivity index (χ1v) is 13.1. The van der Waals surface area contributed by atoms with Crippen molar-refractivity contribution in [3.8, 4) is 11.3 Å². The number of likely N-dealkylation sites (tertiary alicyclic amines) is 1. The second-order valence-electron chi connectivity index (χ2n) is 8.98. The van der Waals surface area contributed by atoms with E-state index in [1.807, 2.05) is 49.1 Å². The Labute approximate surface area is 209 Å². The fraction of sp³-hybridized carbons (Fsp3) is 0.423. The Morgan fingerprint density at radius 1 is 1.23 bits per heavy atom. The normalized spacial score (nSPS) is 19.4. The van der Waals surface area contributed by atoms with Crippen molar-refractivity contribution in [2.75, 3.05) is 44.6 Å². The molecule has 0 aliphatic carbocycles.